The summed E-state index contributed by atoms with van der Waals surface area (Å²) >= 11 is 0. The van der Waals surface area contributed by atoms with Crippen LogP contribution in [0.2, 0.25) is 0 Å². The second-order valence-electron chi connectivity index (χ2n) is 4.01. The van der Waals surface area contributed by atoms with Gasteiger partial charge in [-0.05, 0) is 11.1 Å². The molecule has 19 heavy (non-hydrogen) atoms. The summed E-state index contributed by atoms with van der Waals surface area (Å²) in [5.41, 5.74) is -0.933. The van der Waals surface area contributed by atoms with E-state index in [0.29, 0.717) is 11.1 Å². The predicted molar refractivity (Wildman–Crippen MR) is 72.2 cm³/mol. The molecule has 0 aliphatic carbocycles. The Hall–Kier alpha value is -2.39. The van der Waals surface area contributed by atoms with E-state index in [0.717, 1.165) is 6.26 Å². The highest BCUT2D eigenvalue weighted by Gasteiger charge is 2.41. The lowest BCUT2D eigenvalue weighted by molar-refractivity contribution is -0.156. The summed E-state index contributed by atoms with van der Waals surface area (Å²) in [7, 11) is 0. The maximum Gasteiger partial charge on any atom is 0.352 e. The van der Waals surface area contributed by atoms with E-state index in [9.17, 15) is 9.90 Å². The molecule has 2 aromatic rings. The predicted octanol–water partition coefficient (Wildman–Crippen LogP) is 2.61. The van der Waals surface area contributed by atoms with Crippen molar-refractivity contribution in [2.45, 2.75) is 5.60 Å². The zero-order chi connectivity index (χ0) is 13.7. The quantitative estimate of drug-likeness (QED) is 0.674. The monoisotopic (exact) mass is 254 g/mol. The van der Waals surface area contributed by atoms with Crippen molar-refractivity contribution in [3.05, 3.63) is 84.6 Å². The van der Waals surface area contributed by atoms with Crippen molar-refractivity contribution < 1.29 is 14.6 Å². The van der Waals surface area contributed by atoms with Crippen molar-refractivity contribution >= 4 is 5.97 Å². The smallest absolute Gasteiger partial charge is 0.352 e. The third-order valence-corrected chi connectivity index (χ3v) is 2.87. The molecule has 3 nitrogen and oxygen atoms in total. The summed E-state index contributed by atoms with van der Waals surface area (Å²) in [6.07, 6.45) is 1.01. The van der Waals surface area contributed by atoms with Crippen LogP contribution >= 0.6 is 0 Å². The Bertz CT molecular complexity index is 522. The van der Waals surface area contributed by atoms with Crippen LogP contribution in [0.1, 0.15) is 11.1 Å². The number of hydrogen-bond donors (Lipinski definition) is 1. The highest BCUT2D eigenvalue weighted by atomic mass is 16.5. The lowest BCUT2D eigenvalue weighted by Crippen LogP contribution is -2.37. The van der Waals surface area contributed by atoms with E-state index in [1.807, 2.05) is 12.1 Å². The molecule has 0 atom stereocenters. The Morgan fingerprint density at radius 3 is 1.79 bits per heavy atom. The molecule has 0 aliphatic heterocycles. The summed E-state index contributed by atoms with van der Waals surface area (Å²) in [6.45, 7) is 3.35. The zero-order valence-electron chi connectivity index (χ0n) is 10.3. The van der Waals surface area contributed by atoms with E-state index in [-0.39, 0.29) is 0 Å². The highest BCUT2D eigenvalue weighted by molar-refractivity contribution is 5.85. The van der Waals surface area contributed by atoms with E-state index in [1.165, 1.54) is 0 Å². The molecular weight excluding hydrogens is 240 g/mol. The Balaban J connectivity index is 2.57. The van der Waals surface area contributed by atoms with Crippen molar-refractivity contribution in [1.82, 2.24) is 0 Å². The standard InChI is InChI=1S/C16H14O3/c1-2-19-15(17)16(18,13-9-5-3-6-10-13)14-11-7-4-8-12-14/h2-12,18H,1H2. The highest BCUT2D eigenvalue weighted by Crippen LogP contribution is 2.30. The second-order valence-corrected chi connectivity index (χ2v) is 4.01. The summed E-state index contributed by atoms with van der Waals surface area (Å²) in [4.78, 5) is 12.1. The first-order chi connectivity index (χ1) is 9.19. The number of rotatable bonds is 4. The molecule has 0 heterocycles. The first-order valence-electron chi connectivity index (χ1n) is 5.85. The SMILES string of the molecule is C=COC(=O)C(O)(c1ccccc1)c1ccccc1. The van der Waals surface area contributed by atoms with Gasteiger partial charge in [0.15, 0.2) is 0 Å². The van der Waals surface area contributed by atoms with Gasteiger partial charge in [-0.15, -0.1) is 0 Å². The summed E-state index contributed by atoms with van der Waals surface area (Å²) in [6, 6.07) is 17.4. The van der Waals surface area contributed by atoms with Gasteiger partial charge in [-0.2, -0.15) is 0 Å². The molecule has 1 N–H and O–H groups in total. The molecule has 96 valence electrons. The lowest BCUT2D eigenvalue weighted by atomic mass is 9.86. The molecule has 0 saturated carbocycles. The molecule has 0 unspecified atom stereocenters. The molecule has 3 heteroatoms. The van der Waals surface area contributed by atoms with Gasteiger partial charge < -0.3 is 9.84 Å². The molecule has 0 radical (unpaired) electrons. The Morgan fingerprint density at radius 1 is 1.00 bits per heavy atom. The number of ether oxygens (including phenoxy) is 1. The van der Waals surface area contributed by atoms with E-state index >= 15 is 0 Å². The van der Waals surface area contributed by atoms with Crippen molar-refractivity contribution in [3.63, 3.8) is 0 Å². The van der Waals surface area contributed by atoms with Gasteiger partial charge in [-0.1, -0.05) is 67.2 Å². The summed E-state index contributed by atoms with van der Waals surface area (Å²) < 4.78 is 4.79. The first kappa shape index (κ1) is 13.1. The zero-order valence-corrected chi connectivity index (χ0v) is 10.3. The third-order valence-electron chi connectivity index (χ3n) is 2.87. The van der Waals surface area contributed by atoms with Crippen molar-refractivity contribution in [3.8, 4) is 0 Å². The number of carbonyl (C=O) groups is 1. The molecule has 0 amide bonds. The first-order valence-corrected chi connectivity index (χ1v) is 5.85. The van der Waals surface area contributed by atoms with Gasteiger partial charge in [-0.25, -0.2) is 4.79 Å². The van der Waals surface area contributed by atoms with Crippen LogP contribution in [-0.4, -0.2) is 11.1 Å². The number of benzene rings is 2. The van der Waals surface area contributed by atoms with Crippen LogP contribution in [0.5, 0.6) is 0 Å². The topological polar surface area (TPSA) is 46.5 Å². The Labute approximate surface area is 111 Å². The maximum atomic E-state index is 12.1. The third kappa shape index (κ3) is 2.41. The Kier molecular flexibility index (Phi) is 3.78. The van der Waals surface area contributed by atoms with Gasteiger partial charge >= 0.3 is 5.97 Å². The Morgan fingerprint density at radius 2 is 1.42 bits per heavy atom. The minimum absolute atomic E-state index is 0.452. The van der Waals surface area contributed by atoms with Crippen LogP contribution in [-0.2, 0) is 15.1 Å². The summed E-state index contributed by atoms with van der Waals surface area (Å²) in [5, 5.41) is 10.8. The lowest BCUT2D eigenvalue weighted by Gasteiger charge is -2.26. The van der Waals surface area contributed by atoms with Crippen LogP contribution < -0.4 is 0 Å². The van der Waals surface area contributed by atoms with Gasteiger partial charge in [-0.3, -0.25) is 0 Å². The van der Waals surface area contributed by atoms with E-state index in [1.54, 1.807) is 48.5 Å². The number of aliphatic hydroxyl groups is 1. The van der Waals surface area contributed by atoms with Gasteiger partial charge in [0.25, 0.3) is 0 Å². The van der Waals surface area contributed by atoms with Gasteiger partial charge in [0.05, 0.1) is 6.26 Å². The molecule has 0 fully saturated rings. The van der Waals surface area contributed by atoms with Crippen LogP contribution in [0.3, 0.4) is 0 Å². The van der Waals surface area contributed by atoms with Crippen molar-refractivity contribution in [2.75, 3.05) is 0 Å². The largest absolute Gasteiger partial charge is 0.432 e. The number of carbonyl (C=O) groups excluding carboxylic acids is 1. The maximum absolute atomic E-state index is 12.1. The average molecular weight is 254 g/mol. The van der Waals surface area contributed by atoms with Crippen LogP contribution in [0.25, 0.3) is 0 Å². The molecule has 0 bridgehead atoms. The van der Waals surface area contributed by atoms with Crippen molar-refractivity contribution in [1.29, 1.82) is 0 Å². The fraction of sp³-hybridized carbons (Fsp3) is 0.0625. The normalized spacial score (nSPS) is 10.8. The van der Waals surface area contributed by atoms with Crippen LogP contribution in [0.4, 0.5) is 0 Å². The molecule has 2 aromatic carbocycles. The van der Waals surface area contributed by atoms with Crippen molar-refractivity contribution in [2.24, 2.45) is 0 Å². The van der Waals surface area contributed by atoms with Gasteiger partial charge in [0.1, 0.15) is 0 Å². The molecule has 2 rings (SSSR count). The van der Waals surface area contributed by atoms with E-state index in [2.05, 4.69) is 6.58 Å². The minimum atomic E-state index is -1.84. The summed E-state index contributed by atoms with van der Waals surface area (Å²) in [5.74, 6) is -0.778. The van der Waals surface area contributed by atoms with Crippen LogP contribution in [0.15, 0.2) is 73.5 Å². The van der Waals surface area contributed by atoms with Crippen LogP contribution in [0, 0.1) is 0 Å². The fourth-order valence-electron chi connectivity index (χ4n) is 1.92. The fourth-order valence-corrected chi connectivity index (χ4v) is 1.92. The van der Waals surface area contributed by atoms with E-state index < -0.39 is 11.6 Å². The minimum Gasteiger partial charge on any atom is -0.432 e. The molecule has 0 aliphatic rings. The number of hydrogen-bond acceptors (Lipinski definition) is 3. The molecular formula is C16H14O3. The second kappa shape index (κ2) is 5.50. The molecule has 0 aromatic heterocycles. The van der Waals surface area contributed by atoms with Gasteiger partial charge in [0, 0.05) is 0 Å². The van der Waals surface area contributed by atoms with Gasteiger partial charge in [0.2, 0.25) is 5.60 Å². The average Bonchev–Trinajstić information content (AvgIpc) is 2.48. The van der Waals surface area contributed by atoms with E-state index in [4.69, 9.17) is 4.74 Å². The molecule has 0 spiro atoms. The number of esters is 1. The molecule has 0 saturated heterocycles.